The zero-order chi connectivity index (χ0) is 14.5. The van der Waals surface area contributed by atoms with Crippen LogP contribution in [0.1, 0.15) is 36.0 Å². The van der Waals surface area contributed by atoms with Crippen molar-refractivity contribution in [2.24, 2.45) is 0 Å². The van der Waals surface area contributed by atoms with E-state index in [1.807, 2.05) is 0 Å². The average Bonchev–Trinajstić information content (AvgIpc) is 2.89. The first kappa shape index (κ1) is 14.3. The summed E-state index contributed by atoms with van der Waals surface area (Å²) in [6, 6.07) is 3.57. The number of nitrogens with two attached hydrogens (primary N) is 1. The highest BCUT2D eigenvalue weighted by Gasteiger charge is 2.18. The molecule has 1 amide bonds. The molecule has 1 aromatic rings. The van der Waals surface area contributed by atoms with Gasteiger partial charge in [0.1, 0.15) is 5.82 Å². The zero-order valence-corrected chi connectivity index (χ0v) is 11.0. The number of benzene rings is 1. The Bertz CT molecular complexity index is 513. The SMILES string of the molecule is Nc1cc(F)ccc1C(=O)OCC(=O)NC1CCCC1. The zero-order valence-electron chi connectivity index (χ0n) is 11.0. The Morgan fingerprint density at radius 3 is 2.70 bits per heavy atom. The van der Waals surface area contributed by atoms with E-state index < -0.39 is 11.8 Å². The van der Waals surface area contributed by atoms with E-state index >= 15 is 0 Å². The predicted octanol–water partition coefficient (Wildman–Crippen LogP) is 1.62. The monoisotopic (exact) mass is 280 g/mol. The molecule has 0 spiro atoms. The molecule has 0 atom stereocenters. The number of rotatable bonds is 4. The van der Waals surface area contributed by atoms with Crippen molar-refractivity contribution in [3.63, 3.8) is 0 Å². The Balaban J connectivity index is 1.83. The number of nitrogen functional groups attached to an aromatic ring is 1. The maximum Gasteiger partial charge on any atom is 0.340 e. The summed E-state index contributed by atoms with van der Waals surface area (Å²) in [5.74, 6) is -1.59. The number of ether oxygens (including phenoxy) is 1. The maximum atomic E-state index is 12.9. The van der Waals surface area contributed by atoms with E-state index in [0.717, 1.165) is 37.8 Å². The van der Waals surface area contributed by atoms with E-state index in [1.54, 1.807) is 0 Å². The molecule has 0 unspecified atom stereocenters. The van der Waals surface area contributed by atoms with Crippen LogP contribution in [-0.2, 0) is 9.53 Å². The number of hydrogen-bond acceptors (Lipinski definition) is 4. The molecule has 6 heteroatoms. The molecule has 0 aliphatic heterocycles. The van der Waals surface area contributed by atoms with Gasteiger partial charge in [-0.05, 0) is 31.0 Å². The topological polar surface area (TPSA) is 81.4 Å². The summed E-state index contributed by atoms with van der Waals surface area (Å²) >= 11 is 0. The van der Waals surface area contributed by atoms with Crippen LogP contribution in [0, 0.1) is 5.82 Å². The van der Waals surface area contributed by atoms with E-state index in [9.17, 15) is 14.0 Å². The van der Waals surface area contributed by atoms with Gasteiger partial charge in [-0.2, -0.15) is 0 Å². The smallest absolute Gasteiger partial charge is 0.340 e. The summed E-state index contributed by atoms with van der Waals surface area (Å²) in [6.45, 7) is -0.355. The van der Waals surface area contributed by atoms with Crippen LogP contribution in [0.3, 0.4) is 0 Å². The first-order valence-corrected chi connectivity index (χ1v) is 6.58. The Hall–Kier alpha value is -2.11. The van der Waals surface area contributed by atoms with Gasteiger partial charge in [0.15, 0.2) is 6.61 Å². The van der Waals surface area contributed by atoms with Crippen molar-refractivity contribution in [1.82, 2.24) is 5.32 Å². The lowest BCUT2D eigenvalue weighted by Crippen LogP contribution is -2.35. The third-order valence-corrected chi connectivity index (χ3v) is 3.29. The van der Waals surface area contributed by atoms with E-state index in [2.05, 4.69) is 5.32 Å². The summed E-state index contributed by atoms with van der Waals surface area (Å²) in [7, 11) is 0. The van der Waals surface area contributed by atoms with Gasteiger partial charge in [0.25, 0.3) is 5.91 Å². The van der Waals surface area contributed by atoms with Crippen molar-refractivity contribution in [2.45, 2.75) is 31.7 Å². The molecule has 2 rings (SSSR count). The van der Waals surface area contributed by atoms with Gasteiger partial charge < -0.3 is 15.8 Å². The Morgan fingerprint density at radius 2 is 2.05 bits per heavy atom. The van der Waals surface area contributed by atoms with Gasteiger partial charge in [-0.1, -0.05) is 12.8 Å². The molecule has 3 N–H and O–H groups in total. The molecule has 1 aliphatic rings. The molecule has 0 heterocycles. The number of hydrogen-bond donors (Lipinski definition) is 2. The van der Waals surface area contributed by atoms with Crippen LogP contribution in [0.15, 0.2) is 18.2 Å². The molecule has 1 saturated carbocycles. The molecule has 0 aromatic heterocycles. The maximum absolute atomic E-state index is 12.9. The Kier molecular flexibility index (Phi) is 4.55. The third-order valence-electron chi connectivity index (χ3n) is 3.29. The van der Waals surface area contributed by atoms with E-state index in [-0.39, 0.29) is 29.8 Å². The summed E-state index contributed by atoms with van der Waals surface area (Å²) in [5, 5.41) is 2.80. The Morgan fingerprint density at radius 1 is 1.35 bits per heavy atom. The fraction of sp³-hybridized carbons (Fsp3) is 0.429. The van der Waals surface area contributed by atoms with Crippen LogP contribution in [0.2, 0.25) is 0 Å². The number of nitrogens with one attached hydrogen (secondary N) is 1. The number of carbonyl (C=O) groups excluding carboxylic acids is 2. The van der Waals surface area contributed by atoms with Gasteiger partial charge in [-0.25, -0.2) is 9.18 Å². The highest BCUT2D eigenvalue weighted by atomic mass is 19.1. The van der Waals surface area contributed by atoms with Gasteiger partial charge >= 0.3 is 5.97 Å². The van der Waals surface area contributed by atoms with Crippen LogP contribution in [0.5, 0.6) is 0 Å². The fourth-order valence-corrected chi connectivity index (χ4v) is 2.27. The lowest BCUT2D eigenvalue weighted by molar-refractivity contribution is -0.124. The first-order valence-electron chi connectivity index (χ1n) is 6.58. The van der Waals surface area contributed by atoms with Gasteiger partial charge in [0.2, 0.25) is 0 Å². The van der Waals surface area contributed by atoms with Crippen molar-refractivity contribution in [3.8, 4) is 0 Å². The van der Waals surface area contributed by atoms with Crippen LogP contribution >= 0.6 is 0 Å². The van der Waals surface area contributed by atoms with Crippen molar-refractivity contribution in [1.29, 1.82) is 0 Å². The molecule has 1 aromatic carbocycles. The second kappa shape index (κ2) is 6.36. The normalized spacial score (nSPS) is 15.1. The van der Waals surface area contributed by atoms with Crippen LogP contribution in [0.25, 0.3) is 0 Å². The fourth-order valence-electron chi connectivity index (χ4n) is 2.27. The molecule has 0 radical (unpaired) electrons. The molecule has 1 fully saturated rings. The third kappa shape index (κ3) is 3.69. The largest absolute Gasteiger partial charge is 0.452 e. The second-order valence-corrected chi connectivity index (χ2v) is 4.86. The Labute approximate surface area is 116 Å². The molecule has 1 aliphatic carbocycles. The highest BCUT2D eigenvalue weighted by molar-refractivity contribution is 5.96. The number of carbonyl (C=O) groups is 2. The minimum absolute atomic E-state index is 0.00815. The van der Waals surface area contributed by atoms with Gasteiger partial charge in [0, 0.05) is 11.7 Å². The summed E-state index contributed by atoms with van der Waals surface area (Å²) in [5.41, 5.74) is 5.57. The number of amides is 1. The van der Waals surface area contributed by atoms with Gasteiger partial charge in [-0.3, -0.25) is 4.79 Å². The quantitative estimate of drug-likeness (QED) is 0.648. The summed E-state index contributed by atoms with van der Waals surface area (Å²) < 4.78 is 17.7. The van der Waals surface area contributed by atoms with Gasteiger partial charge in [0.05, 0.1) is 5.56 Å². The van der Waals surface area contributed by atoms with E-state index in [4.69, 9.17) is 10.5 Å². The molecule has 108 valence electrons. The molecule has 5 nitrogen and oxygen atoms in total. The minimum Gasteiger partial charge on any atom is -0.452 e. The van der Waals surface area contributed by atoms with Crippen LogP contribution in [-0.4, -0.2) is 24.5 Å². The highest BCUT2D eigenvalue weighted by Crippen LogP contribution is 2.17. The minimum atomic E-state index is -0.732. The van der Waals surface area contributed by atoms with Crippen molar-refractivity contribution in [3.05, 3.63) is 29.6 Å². The first-order chi connectivity index (χ1) is 9.56. The van der Waals surface area contributed by atoms with Crippen LogP contribution in [0.4, 0.5) is 10.1 Å². The van der Waals surface area contributed by atoms with Crippen molar-refractivity contribution < 1.29 is 18.7 Å². The predicted molar refractivity (Wildman–Crippen MR) is 71.5 cm³/mol. The number of halogens is 1. The lowest BCUT2D eigenvalue weighted by Gasteiger charge is -2.12. The summed E-state index contributed by atoms with van der Waals surface area (Å²) in [6.07, 6.45) is 4.14. The average molecular weight is 280 g/mol. The van der Waals surface area contributed by atoms with Crippen LogP contribution < -0.4 is 11.1 Å². The standard InChI is InChI=1S/C14H17FN2O3/c15-9-5-6-11(12(16)7-9)14(19)20-8-13(18)17-10-3-1-2-4-10/h5-7,10H,1-4,8,16H2,(H,17,18). The van der Waals surface area contributed by atoms with Crippen molar-refractivity contribution >= 4 is 17.6 Å². The number of esters is 1. The molecule has 0 bridgehead atoms. The summed E-state index contributed by atoms with van der Waals surface area (Å²) in [4.78, 5) is 23.3. The molecular weight excluding hydrogens is 263 g/mol. The van der Waals surface area contributed by atoms with E-state index in [1.165, 1.54) is 6.07 Å². The molecule has 20 heavy (non-hydrogen) atoms. The lowest BCUT2D eigenvalue weighted by atomic mass is 10.2. The van der Waals surface area contributed by atoms with E-state index in [0.29, 0.717) is 0 Å². The van der Waals surface area contributed by atoms with Crippen molar-refractivity contribution in [2.75, 3.05) is 12.3 Å². The van der Waals surface area contributed by atoms with Gasteiger partial charge in [-0.15, -0.1) is 0 Å². The molecular formula is C14H17FN2O3. The molecule has 0 saturated heterocycles. The second-order valence-electron chi connectivity index (χ2n) is 4.86. The number of anilines is 1.